The number of aryl methyl sites for hydroxylation is 1. The van der Waals surface area contributed by atoms with Gasteiger partial charge in [0.05, 0.1) is 11.2 Å². The second-order valence-electron chi connectivity index (χ2n) is 4.82. The summed E-state index contributed by atoms with van der Waals surface area (Å²) in [6, 6.07) is 16.7. The number of halogens is 1. The summed E-state index contributed by atoms with van der Waals surface area (Å²) in [5.41, 5.74) is 3.89. The second-order valence-corrected chi connectivity index (χ2v) is 4.82. The standard InChI is InChI=1S/C18H14FN/c1-13-5-10-18-15(11-13)7-9-17(20-18)8-6-14-3-2-4-16(19)12-14/h2-12H,1H3/b8-6+. The molecule has 1 aromatic heterocycles. The highest BCUT2D eigenvalue weighted by Gasteiger charge is 1.97. The minimum absolute atomic E-state index is 0.228. The molecule has 0 bridgehead atoms. The van der Waals surface area contributed by atoms with Crippen LogP contribution < -0.4 is 0 Å². The third-order valence-electron chi connectivity index (χ3n) is 3.16. The molecule has 1 heterocycles. The molecule has 3 aromatic rings. The molecule has 2 heteroatoms. The van der Waals surface area contributed by atoms with E-state index in [-0.39, 0.29) is 5.82 Å². The van der Waals surface area contributed by atoms with E-state index in [4.69, 9.17) is 0 Å². The molecule has 0 aliphatic carbocycles. The van der Waals surface area contributed by atoms with Gasteiger partial charge in [0.1, 0.15) is 5.82 Å². The molecular formula is C18H14FN. The van der Waals surface area contributed by atoms with Crippen molar-refractivity contribution in [1.29, 1.82) is 0 Å². The maximum absolute atomic E-state index is 13.1. The van der Waals surface area contributed by atoms with E-state index in [9.17, 15) is 4.39 Å². The van der Waals surface area contributed by atoms with E-state index in [1.54, 1.807) is 6.07 Å². The lowest BCUT2D eigenvalue weighted by Crippen LogP contribution is -1.84. The number of benzene rings is 2. The van der Waals surface area contributed by atoms with E-state index >= 15 is 0 Å². The predicted molar refractivity (Wildman–Crippen MR) is 81.8 cm³/mol. The first-order valence-corrected chi connectivity index (χ1v) is 6.52. The van der Waals surface area contributed by atoms with Crippen molar-refractivity contribution in [3.63, 3.8) is 0 Å². The largest absolute Gasteiger partial charge is 0.248 e. The van der Waals surface area contributed by atoms with Gasteiger partial charge in [-0.25, -0.2) is 9.37 Å². The van der Waals surface area contributed by atoms with E-state index in [0.717, 1.165) is 22.2 Å². The smallest absolute Gasteiger partial charge is 0.123 e. The normalized spacial score (nSPS) is 11.3. The van der Waals surface area contributed by atoms with Crippen LogP contribution in [-0.2, 0) is 0 Å². The molecule has 0 N–H and O–H groups in total. The zero-order chi connectivity index (χ0) is 13.9. The Morgan fingerprint density at radius 1 is 0.950 bits per heavy atom. The van der Waals surface area contributed by atoms with Gasteiger partial charge in [-0.2, -0.15) is 0 Å². The van der Waals surface area contributed by atoms with Crippen LogP contribution in [0.2, 0.25) is 0 Å². The number of nitrogens with zero attached hydrogens (tertiary/aromatic N) is 1. The first-order chi connectivity index (χ1) is 9.70. The molecule has 98 valence electrons. The third-order valence-corrected chi connectivity index (χ3v) is 3.16. The van der Waals surface area contributed by atoms with Crippen molar-refractivity contribution in [1.82, 2.24) is 4.98 Å². The summed E-state index contributed by atoms with van der Waals surface area (Å²) in [7, 11) is 0. The number of rotatable bonds is 2. The Labute approximate surface area is 117 Å². The van der Waals surface area contributed by atoms with Crippen molar-refractivity contribution in [3.05, 3.63) is 77.2 Å². The van der Waals surface area contributed by atoms with E-state index < -0.39 is 0 Å². The maximum atomic E-state index is 13.1. The lowest BCUT2D eigenvalue weighted by atomic mass is 10.1. The Morgan fingerprint density at radius 2 is 1.85 bits per heavy atom. The Kier molecular flexibility index (Phi) is 3.30. The van der Waals surface area contributed by atoms with Crippen molar-refractivity contribution in [2.75, 3.05) is 0 Å². The topological polar surface area (TPSA) is 12.9 Å². The summed E-state index contributed by atoms with van der Waals surface area (Å²) in [6.45, 7) is 2.07. The Morgan fingerprint density at radius 3 is 2.70 bits per heavy atom. The number of hydrogen-bond donors (Lipinski definition) is 0. The van der Waals surface area contributed by atoms with Crippen molar-refractivity contribution < 1.29 is 4.39 Å². The van der Waals surface area contributed by atoms with Gasteiger partial charge in [-0.15, -0.1) is 0 Å². The van der Waals surface area contributed by atoms with Gasteiger partial charge in [0, 0.05) is 5.39 Å². The summed E-state index contributed by atoms with van der Waals surface area (Å²) in [5.74, 6) is -0.228. The molecule has 1 nitrogen and oxygen atoms in total. The van der Waals surface area contributed by atoms with Gasteiger partial charge in [-0.05, 0) is 48.9 Å². The first kappa shape index (κ1) is 12.5. The van der Waals surface area contributed by atoms with Crippen molar-refractivity contribution in [2.45, 2.75) is 6.92 Å². The van der Waals surface area contributed by atoms with Crippen molar-refractivity contribution in [2.24, 2.45) is 0 Å². The van der Waals surface area contributed by atoms with Crippen LogP contribution in [0.4, 0.5) is 4.39 Å². The fourth-order valence-corrected chi connectivity index (χ4v) is 2.15. The van der Waals surface area contributed by atoms with Gasteiger partial charge in [0.2, 0.25) is 0 Å². The SMILES string of the molecule is Cc1ccc2nc(/C=C/c3cccc(F)c3)ccc2c1. The van der Waals surface area contributed by atoms with Crippen LogP contribution in [0.25, 0.3) is 23.1 Å². The van der Waals surface area contributed by atoms with Crippen LogP contribution in [0.1, 0.15) is 16.8 Å². The lowest BCUT2D eigenvalue weighted by Gasteiger charge is -2.00. The quantitative estimate of drug-likeness (QED) is 0.644. The minimum atomic E-state index is -0.228. The summed E-state index contributed by atoms with van der Waals surface area (Å²) >= 11 is 0. The van der Waals surface area contributed by atoms with Gasteiger partial charge in [-0.3, -0.25) is 0 Å². The number of hydrogen-bond acceptors (Lipinski definition) is 1. The van der Waals surface area contributed by atoms with Gasteiger partial charge >= 0.3 is 0 Å². The van der Waals surface area contributed by atoms with Crippen molar-refractivity contribution in [3.8, 4) is 0 Å². The molecule has 0 aliphatic heterocycles. The molecule has 2 aromatic carbocycles. The number of pyridine rings is 1. The monoisotopic (exact) mass is 263 g/mol. The molecule has 20 heavy (non-hydrogen) atoms. The van der Waals surface area contributed by atoms with Gasteiger partial charge < -0.3 is 0 Å². The molecule has 0 unspecified atom stereocenters. The molecule has 0 atom stereocenters. The van der Waals surface area contributed by atoms with Crippen LogP contribution >= 0.6 is 0 Å². The van der Waals surface area contributed by atoms with Gasteiger partial charge in [0.25, 0.3) is 0 Å². The minimum Gasteiger partial charge on any atom is -0.248 e. The van der Waals surface area contributed by atoms with Gasteiger partial charge in [0.15, 0.2) is 0 Å². The van der Waals surface area contributed by atoms with E-state index in [1.807, 2.05) is 30.4 Å². The molecule has 0 saturated heterocycles. The highest BCUT2D eigenvalue weighted by atomic mass is 19.1. The summed E-state index contributed by atoms with van der Waals surface area (Å²) in [5, 5.41) is 1.13. The van der Waals surface area contributed by atoms with Crippen LogP contribution in [-0.4, -0.2) is 4.98 Å². The number of fused-ring (bicyclic) bond motifs is 1. The summed E-state index contributed by atoms with van der Waals surface area (Å²) < 4.78 is 13.1. The average Bonchev–Trinajstić information content (AvgIpc) is 2.45. The second kappa shape index (κ2) is 5.25. The molecule has 3 rings (SSSR count). The highest BCUT2D eigenvalue weighted by Crippen LogP contribution is 2.16. The molecular weight excluding hydrogens is 249 g/mol. The van der Waals surface area contributed by atoms with Crippen LogP contribution in [0.15, 0.2) is 54.6 Å². The molecule has 0 fully saturated rings. The third kappa shape index (κ3) is 2.75. The van der Waals surface area contributed by atoms with Crippen LogP contribution in [0.3, 0.4) is 0 Å². The molecule has 0 radical (unpaired) electrons. The average molecular weight is 263 g/mol. The summed E-state index contributed by atoms with van der Waals surface area (Å²) in [6.07, 6.45) is 3.76. The zero-order valence-corrected chi connectivity index (χ0v) is 11.2. The van der Waals surface area contributed by atoms with Crippen LogP contribution in [0, 0.1) is 12.7 Å². The number of aromatic nitrogens is 1. The van der Waals surface area contributed by atoms with E-state index in [1.165, 1.54) is 17.7 Å². The van der Waals surface area contributed by atoms with E-state index in [2.05, 4.69) is 30.1 Å². The fraction of sp³-hybridized carbons (Fsp3) is 0.0556. The molecule has 0 saturated carbocycles. The fourth-order valence-electron chi connectivity index (χ4n) is 2.15. The molecule has 0 amide bonds. The van der Waals surface area contributed by atoms with E-state index in [0.29, 0.717) is 0 Å². The first-order valence-electron chi connectivity index (χ1n) is 6.52. The van der Waals surface area contributed by atoms with Gasteiger partial charge in [-0.1, -0.05) is 35.9 Å². The predicted octanol–water partition coefficient (Wildman–Crippen LogP) is 4.85. The molecule has 0 spiro atoms. The highest BCUT2D eigenvalue weighted by molar-refractivity contribution is 5.81. The van der Waals surface area contributed by atoms with Crippen LogP contribution in [0.5, 0.6) is 0 Å². The van der Waals surface area contributed by atoms with Crippen molar-refractivity contribution >= 4 is 23.1 Å². The Hall–Kier alpha value is -2.48. The zero-order valence-electron chi connectivity index (χ0n) is 11.2. The molecule has 0 aliphatic rings. The Bertz CT molecular complexity index is 790. The maximum Gasteiger partial charge on any atom is 0.123 e. The summed E-state index contributed by atoms with van der Waals surface area (Å²) in [4.78, 5) is 4.57. The Balaban J connectivity index is 1.93. The lowest BCUT2D eigenvalue weighted by molar-refractivity contribution is 0.627.